The summed E-state index contributed by atoms with van der Waals surface area (Å²) in [6.45, 7) is 0. The molecule has 0 atom stereocenters. The van der Waals surface area contributed by atoms with Crippen molar-refractivity contribution in [3.05, 3.63) is 81.5 Å². The van der Waals surface area contributed by atoms with Crippen LogP contribution in [0.5, 0.6) is 0 Å². The maximum atomic E-state index is 12.5. The molecule has 0 unspecified atom stereocenters. The molecular weight excluding hydrogens is 384 g/mol. The van der Waals surface area contributed by atoms with Gasteiger partial charge < -0.3 is 9.73 Å². The highest BCUT2D eigenvalue weighted by Gasteiger charge is 2.16. The molecule has 0 aliphatic heterocycles. The minimum atomic E-state index is -0.577. The van der Waals surface area contributed by atoms with Gasteiger partial charge in [0.25, 0.3) is 11.6 Å². The smallest absolute Gasteiger partial charge is 0.270 e. The molecule has 2 heterocycles. The number of oxazole rings is 1. The van der Waals surface area contributed by atoms with Crippen molar-refractivity contribution in [2.24, 2.45) is 0 Å². The fraction of sp³-hybridized carbons (Fsp3) is 0. The first-order chi connectivity index (χ1) is 13.5. The molecule has 138 valence electrons. The quantitative estimate of drug-likeness (QED) is 0.396. The summed E-state index contributed by atoms with van der Waals surface area (Å²) in [6, 6.07) is 14.1. The van der Waals surface area contributed by atoms with Gasteiger partial charge in [-0.25, -0.2) is 4.98 Å². The number of aromatic nitrogens is 2. The summed E-state index contributed by atoms with van der Waals surface area (Å²) in [5.41, 5.74) is 2.14. The number of pyridine rings is 1. The van der Waals surface area contributed by atoms with Crippen LogP contribution in [0.25, 0.3) is 22.7 Å². The van der Waals surface area contributed by atoms with Gasteiger partial charge in [-0.15, -0.1) is 0 Å². The molecule has 0 bridgehead atoms. The first-order valence-corrected chi connectivity index (χ1v) is 8.46. The monoisotopic (exact) mass is 394 g/mol. The Hall–Kier alpha value is -3.78. The Morgan fingerprint density at radius 1 is 1.14 bits per heavy atom. The summed E-state index contributed by atoms with van der Waals surface area (Å²) < 4.78 is 5.68. The molecule has 0 aliphatic carbocycles. The number of rotatable bonds is 4. The van der Waals surface area contributed by atoms with Crippen LogP contribution in [-0.2, 0) is 0 Å². The van der Waals surface area contributed by atoms with Crippen LogP contribution in [0.15, 0.2) is 65.2 Å². The van der Waals surface area contributed by atoms with Crippen LogP contribution in [-0.4, -0.2) is 20.8 Å². The molecule has 8 nitrogen and oxygen atoms in total. The van der Waals surface area contributed by atoms with E-state index in [1.165, 1.54) is 12.1 Å². The van der Waals surface area contributed by atoms with Gasteiger partial charge in [-0.2, -0.15) is 4.98 Å². The van der Waals surface area contributed by atoms with E-state index in [4.69, 9.17) is 16.0 Å². The fourth-order valence-electron chi connectivity index (χ4n) is 2.62. The van der Waals surface area contributed by atoms with Crippen LogP contribution in [0.3, 0.4) is 0 Å². The number of non-ortho nitro benzene ring substituents is 1. The van der Waals surface area contributed by atoms with Crippen LogP contribution in [0.4, 0.5) is 11.4 Å². The highest BCUT2D eigenvalue weighted by Crippen LogP contribution is 2.27. The largest absolute Gasteiger partial charge is 0.434 e. The number of benzene rings is 2. The van der Waals surface area contributed by atoms with E-state index in [-0.39, 0.29) is 16.3 Å². The van der Waals surface area contributed by atoms with E-state index in [0.29, 0.717) is 28.4 Å². The fourth-order valence-corrected chi connectivity index (χ4v) is 2.88. The van der Waals surface area contributed by atoms with E-state index < -0.39 is 10.8 Å². The third-order valence-electron chi connectivity index (χ3n) is 3.94. The molecule has 0 aliphatic rings. The number of hydrogen-bond acceptors (Lipinski definition) is 6. The second-order valence-electron chi connectivity index (χ2n) is 5.80. The van der Waals surface area contributed by atoms with Crippen molar-refractivity contribution in [2.45, 2.75) is 0 Å². The van der Waals surface area contributed by atoms with Crippen molar-refractivity contribution >= 4 is 40.1 Å². The van der Waals surface area contributed by atoms with Crippen molar-refractivity contribution < 1.29 is 14.1 Å². The Kier molecular flexibility index (Phi) is 4.46. The van der Waals surface area contributed by atoms with Crippen molar-refractivity contribution in [3.63, 3.8) is 0 Å². The summed E-state index contributed by atoms with van der Waals surface area (Å²) in [7, 11) is 0. The standard InChI is InChI=1S/C19H11ClN4O4/c20-15-10-13(24(26)27)6-7-14(15)18(25)22-12-4-1-3-11(9-12)19-23-17-16(28-19)5-2-8-21-17/h1-10H,(H,22,25). The lowest BCUT2D eigenvalue weighted by atomic mass is 10.1. The molecule has 0 fully saturated rings. The number of hydrogen-bond donors (Lipinski definition) is 1. The van der Waals surface area contributed by atoms with Gasteiger partial charge in [-0.1, -0.05) is 17.7 Å². The summed E-state index contributed by atoms with van der Waals surface area (Å²) in [5.74, 6) is -0.116. The number of anilines is 1. The number of amides is 1. The van der Waals surface area contributed by atoms with Crippen LogP contribution < -0.4 is 5.32 Å². The van der Waals surface area contributed by atoms with Crippen LogP contribution in [0.2, 0.25) is 5.02 Å². The second-order valence-corrected chi connectivity index (χ2v) is 6.21. The van der Waals surface area contributed by atoms with Crippen LogP contribution in [0, 0.1) is 10.1 Å². The minimum Gasteiger partial charge on any atom is -0.434 e. The van der Waals surface area contributed by atoms with E-state index in [0.717, 1.165) is 6.07 Å². The minimum absolute atomic E-state index is 0.00659. The average molecular weight is 395 g/mol. The lowest BCUT2D eigenvalue weighted by molar-refractivity contribution is -0.384. The second kappa shape index (κ2) is 7.09. The Morgan fingerprint density at radius 2 is 2.00 bits per heavy atom. The third kappa shape index (κ3) is 3.40. The first kappa shape index (κ1) is 17.6. The maximum Gasteiger partial charge on any atom is 0.270 e. The lowest BCUT2D eigenvalue weighted by Gasteiger charge is -2.07. The molecule has 9 heteroatoms. The zero-order valence-corrected chi connectivity index (χ0v) is 14.9. The van der Waals surface area contributed by atoms with E-state index >= 15 is 0 Å². The van der Waals surface area contributed by atoms with Crippen molar-refractivity contribution in [1.82, 2.24) is 9.97 Å². The number of nitro benzene ring substituents is 1. The van der Waals surface area contributed by atoms with E-state index in [2.05, 4.69) is 15.3 Å². The van der Waals surface area contributed by atoms with Crippen molar-refractivity contribution in [3.8, 4) is 11.5 Å². The Labute approximate surface area is 162 Å². The molecule has 0 radical (unpaired) electrons. The average Bonchev–Trinajstić information content (AvgIpc) is 3.12. The van der Waals surface area contributed by atoms with E-state index in [1.54, 1.807) is 42.6 Å². The molecule has 2 aromatic carbocycles. The molecule has 0 saturated heterocycles. The molecule has 1 amide bonds. The number of carbonyl (C=O) groups excluding carboxylic acids is 1. The highest BCUT2D eigenvalue weighted by molar-refractivity contribution is 6.34. The topological polar surface area (TPSA) is 111 Å². The number of nitro groups is 1. The highest BCUT2D eigenvalue weighted by atomic mass is 35.5. The first-order valence-electron chi connectivity index (χ1n) is 8.08. The molecule has 4 rings (SSSR count). The number of nitrogens with one attached hydrogen (secondary N) is 1. The van der Waals surface area contributed by atoms with Gasteiger partial charge in [-0.3, -0.25) is 14.9 Å². The van der Waals surface area contributed by atoms with Gasteiger partial charge >= 0.3 is 0 Å². The maximum absolute atomic E-state index is 12.5. The molecule has 0 spiro atoms. The van der Waals surface area contributed by atoms with Gasteiger partial charge in [0.05, 0.1) is 15.5 Å². The van der Waals surface area contributed by atoms with Gasteiger partial charge in [0, 0.05) is 29.6 Å². The molecular formula is C19H11ClN4O4. The summed E-state index contributed by atoms with van der Waals surface area (Å²) >= 11 is 6.01. The van der Waals surface area contributed by atoms with Crippen LogP contribution in [0.1, 0.15) is 10.4 Å². The molecule has 1 N–H and O–H groups in total. The third-order valence-corrected chi connectivity index (χ3v) is 4.25. The summed E-state index contributed by atoms with van der Waals surface area (Å²) in [6.07, 6.45) is 1.62. The molecule has 0 saturated carbocycles. The van der Waals surface area contributed by atoms with E-state index in [9.17, 15) is 14.9 Å². The van der Waals surface area contributed by atoms with E-state index in [1.807, 2.05) is 0 Å². The van der Waals surface area contributed by atoms with Gasteiger partial charge in [-0.05, 0) is 36.4 Å². The Balaban J connectivity index is 1.60. The lowest BCUT2D eigenvalue weighted by Crippen LogP contribution is -2.12. The summed E-state index contributed by atoms with van der Waals surface area (Å²) in [5, 5.41) is 13.5. The molecule has 28 heavy (non-hydrogen) atoms. The number of nitrogens with zero attached hydrogens (tertiary/aromatic N) is 3. The number of halogens is 1. The SMILES string of the molecule is O=C(Nc1cccc(-c2nc3ncccc3o2)c1)c1ccc([N+](=O)[O-])cc1Cl. The molecule has 4 aromatic rings. The normalized spacial score (nSPS) is 10.8. The Bertz CT molecular complexity index is 1190. The predicted octanol–water partition coefficient (Wildman–Crippen LogP) is 4.70. The number of carbonyl (C=O) groups is 1. The predicted molar refractivity (Wildman–Crippen MR) is 103 cm³/mol. The van der Waals surface area contributed by atoms with Crippen LogP contribution >= 0.6 is 11.6 Å². The summed E-state index contributed by atoms with van der Waals surface area (Å²) in [4.78, 5) is 31.2. The Morgan fingerprint density at radius 3 is 2.75 bits per heavy atom. The molecule has 2 aromatic heterocycles. The van der Waals surface area contributed by atoms with Crippen molar-refractivity contribution in [2.75, 3.05) is 5.32 Å². The zero-order chi connectivity index (χ0) is 19.7. The van der Waals surface area contributed by atoms with Gasteiger partial charge in [0.1, 0.15) is 0 Å². The number of fused-ring (bicyclic) bond motifs is 1. The zero-order valence-electron chi connectivity index (χ0n) is 14.1. The van der Waals surface area contributed by atoms with Crippen molar-refractivity contribution in [1.29, 1.82) is 0 Å². The van der Waals surface area contributed by atoms with Gasteiger partial charge in [0.2, 0.25) is 5.89 Å². The van der Waals surface area contributed by atoms with Gasteiger partial charge in [0.15, 0.2) is 11.2 Å².